The third kappa shape index (κ3) is 6.64. The van der Waals surface area contributed by atoms with Crippen LogP contribution in [0.4, 0.5) is 17.1 Å². The van der Waals surface area contributed by atoms with Gasteiger partial charge in [0.15, 0.2) is 0 Å². The van der Waals surface area contributed by atoms with Crippen LogP contribution in [0.3, 0.4) is 0 Å². The van der Waals surface area contributed by atoms with Gasteiger partial charge in [-0.25, -0.2) is 0 Å². The van der Waals surface area contributed by atoms with Gasteiger partial charge in [0.25, 0.3) is 0 Å². The molecule has 12 aromatic rings. The summed E-state index contributed by atoms with van der Waals surface area (Å²) in [4.78, 5) is 2.30. The Morgan fingerprint density at radius 2 is 0.783 bits per heavy atom. The van der Waals surface area contributed by atoms with Crippen LogP contribution in [0.25, 0.3) is 72.0 Å². The number of hydrogen-bond donors (Lipinski definition) is 0. The van der Waals surface area contributed by atoms with Crippen molar-refractivity contribution in [1.82, 2.24) is 4.57 Å². The molecule has 0 saturated heterocycles. The first-order chi connectivity index (χ1) is 34.2. The maximum Gasteiger partial charge on any atom is 0.0719 e. The molecule has 2 nitrogen and oxygen atoms in total. The standard InChI is InChI=1S/C67H46N2/c1-5-23-52(24-6-1)67(53-25-7-2-8-26-53)63-36-15-13-32-59(63)62-35-19-34-58(66(62)67)51-22-18-31-57(45-51)69-64-37-16-14-33-60(64)61-43-40-50(46-65(61)69)49-21-17-20-48(44-49)47-38-41-56(42-39-47)68(54-27-9-3-10-28-54)55-29-11-4-12-30-55/h1-46H. The minimum atomic E-state index is -0.510. The summed E-state index contributed by atoms with van der Waals surface area (Å²) in [5, 5.41) is 2.47. The van der Waals surface area contributed by atoms with Gasteiger partial charge in [-0.3, -0.25) is 0 Å². The summed E-state index contributed by atoms with van der Waals surface area (Å²) >= 11 is 0. The zero-order chi connectivity index (χ0) is 45.7. The maximum absolute atomic E-state index is 2.46. The molecule has 0 radical (unpaired) electrons. The average Bonchev–Trinajstić information content (AvgIpc) is 3.93. The van der Waals surface area contributed by atoms with Gasteiger partial charge in [-0.1, -0.05) is 212 Å². The number of benzene rings is 11. The molecular formula is C67H46N2. The molecule has 1 heterocycles. The monoisotopic (exact) mass is 878 g/mol. The van der Waals surface area contributed by atoms with Crippen molar-refractivity contribution in [2.75, 3.05) is 4.90 Å². The van der Waals surface area contributed by atoms with E-state index in [0.717, 1.165) is 22.7 Å². The zero-order valence-corrected chi connectivity index (χ0v) is 38.0. The minimum Gasteiger partial charge on any atom is -0.311 e. The smallest absolute Gasteiger partial charge is 0.0719 e. The van der Waals surface area contributed by atoms with E-state index in [9.17, 15) is 0 Å². The van der Waals surface area contributed by atoms with Gasteiger partial charge in [-0.15, -0.1) is 0 Å². The van der Waals surface area contributed by atoms with Crippen LogP contribution in [0.2, 0.25) is 0 Å². The number of anilines is 3. The molecule has 0 spiro atoms. The SMILES string of the molecule is c1ccc(N(c2ccccc2)c2ccc(-c3cccc(-c4ccc5c6ccccc6n(-c6cccc(-c7cccc8c7C(c7ccccc7)(c7ccccc7)c7ccccc7-8)c6)c5c4)c3)cc2)cc1. The van der Waals surface area contributed by atoms with E-state index in [-0.39, 0.29) is 0 Å². The van der Waals surface area contributed by atoms with Gasteiger partial charge in [-0.2, -0.15) is 0 Å². The summed E-state index contributed by atoms with van der Waals surface area (Å²) in [6.45, 7) is 0. The van der Waals surface area contributed by atoms with Crippen molar-refractivity contribution in [3.8, 4) is 50.2 Å². The van der Waals surface area contributed by atoms with Crippen molar-refractivity contribution in [2.45, 2.75) is 5.41 Å². The molecule has 0 aliphatic heterocycles. The fraction of sp³-hybridized carbons (Fsp3) is 0.0149. The Morgan fingerprint density at radius 3 is 1.49 bits per heavy atom. The first-order valence-corrected chi connectivity index (χ1v) is 23.8. The van der Waals surface area contributed by atoms with E-state index < -0.39 is 5.41 Å². The van der Waals surface area contributed by atoms with E-state index in [1.807, 2.05) is 0 Å². The summed E-state index contributed by atoms with van der Waals surface area (Å²) in [5.74, 6) is 0. The third-order valence-electron chi connectivity index (χ3n) is 14.2. The molecule has 0 N–H and O–H groups in total. The van der Waals surface area contributed by atoms with E-state index in [2.05, 4.69) is 289 Å². The normalized spacial score (nSPS) is 12.5. The number of fused-ring (bicyclic) bond motifs is 6. The van der Waals surface area contributed by atoms with Gasteiger partial charge in [0.2, 0.25) is 0 Å². The largest absolute Gasteiger partial charge is 0.311 e. The molecule has 11 aromatic carbocycles. The maximum atomic E-state index is 2.46. The van der Waals surface area contributed by atoms with E-state index in [0.29, 0.717) is 0 Å². The molecular weight excluding hydrogens is 833 g/mol. The van der Waals surface area contributed by atoms with Crippen molar-refractivity contribution in [3.63, 3.8) is 0 Å². The Morgan fingerprint density at radius 1 is 0.290 bits per heavy atom. The summed E-state index contributed by atoms with van der Waals surface area (Å²) in [6, 6.07) is 102. The summed E-state index contributed by atoms with van der Waals surface area (Å²) in [6.07, 6.45) is 0. The van der Waals surface area contributed by atoms with Crippen molar-refractivity contribution >= 4 is 38.9 Å². The number of aromatic nitrogens is 1. The summed E-state index contributed by atoms with van der Waals surface area (Å²) in [7, 11) is 0. The molecule has 0 amide bonds. The molecule has 13 rings (SSSR count). The average molecular weight is 879 g/mol. The highest BCUT2D eigenvalue weighted by atomic mass is 15.1. The second-order valence-electron chi connectivity index (χ2n) is 18.0. The molecule has 1 aliphatic rings. The van der Waals surface area contributed by atoms with Crippen LogP contribution < -0.4 is 4.90 Å². The summed E-state index contributed by atoms with van der Waals surface area (Å²) in [5.41, 5.74) is 21.2. The fourth-order valence-corrected chi connectivity index (χ4v) is 11.3. The molecule has 69 heavy (non-hydrogen) atoms. The predicted molar refractivity (Wildman–Crippen MR) is 289 cm³/mol. The van der Waals surface area contributed by atoms with E-state index in [1.54, 1.807) is 0 Å². The molecule has 0 saturated carbocycles. The Balaban J connectivity index is 0.921. The van der Waals surface area contributed by atoms with Crippen molar-refractivity contribution in [1.29, 1.82) is 0 Å². The highest BCUT2D eigenvalue weighted by Crippen LogP contribution is 2.58. The molecule has 0 bridgehead atoms. The lowest BCUT2D eigenvalue weighted by molar-refractivity contribution is 0.770. The quantitative estimate of drug-likeness (QED) is 0.140. The third-order valence-corrected chi connectivity index (χ3v) is 14.2. The molecule has 1 aromatic heterocycles. The fourth-order valence-electron chi connectivity index (χ4n) is 11.3. The lowest BCUT2D eigenvalue weighted by atomic mass is 9.66. The molecule has 0 fully saturated rings. The van der Waals surface area contributed by atoms with E-state index >= 15 is 0 Å². The van der Waals surface area contributed by atoms with Gasteiger partial charge in [-0.05, 0) is 133 Å². The van der Waals surface area contributed by atoms with E-state index in [1.165, 1.54) is 88.6 Å². The van der Waals surface area contributed by atoms with Gasteiger partial charge in [0.05, 0.1) is 16.4 Å². The molecule has 2 heteroatoms. The second-order valence-corrected chi connectivity index (χ2v) is 18.0. The number of hydrogen-bond acceptors (Lipinski definition) is 1. The minimum absolute atomic E-state index is 0.510. The van der Waals surface area contributed by atoms with Crippen LogP contribution >= 0.6 is 0 Å². The second kappa shape index (κ2) is 16.7. The molecule has 0 unspecified atom stereocenters. The summed E-state index contributed by atoms with van der Waals surface area (Å²) < 4.78 is 2.46. The van der Waals surface area contributed by atoms with Gasteiger partial charge >= 0.3 is 0 Å². The van der Waals surface area contributed by atoms with Crippen LogP contribution in [-0.2, 0) is 5.41 Å². The van der Waals surface area contributed by atoms with Crippen LogP contribution in [0.1, 0.15) is 22.3 Å². The number of rotatable bonds is 9. The van der Waals surface area contributed by atoms with Gasteiger partial charge in [0, 0.05) is 33.5 Å². The van der Waals surface area contributed by atoms with Crippen LogP contribution in [-0.4, -0.2) is 4.57 Å². The Labute approximate surface area is 403 Å². The molecule has 1 aliphatic carbocycles. The van der Waals surface area contributed by atoms with Crippen LogP contribution in [0, 0.1) is 0 Å². The van der Waals surface area contributed by atoms with Crippen molar-refractivity contribution in [3.05, 3.63) is 301 Å². The topological polar surface area (TPSA) is 8.17 Å². The van der Waals surface area contributed by atoms with Gasteiger partial charge < -0.3 is 9.47 Å². The van der Waals surface area contributed by atoms with Gasteiger partial charge in [0.1, 0.15) is 0 Å². The highest BCUT2D eigenvalue weighted by molar-refractivity contribution is 6.10. The molecule has 324 valence electrons. The predicted octanol–water partition coefficient (Wildman–Crippen LogP) is 17.6. The van der Waals surface area contributed by atoms with E-state index in [4.69, 9.17) is 0 Å². The zero-order valence-electron chi connectivity index (χ0n) is 38.0. The van der Waals surface area contributed by atoms with Crippen LogP contribution in [0.15, 0.2) is 279 Å². The number of para-hydroxylation sites is 3. The van der Waals surface area contributed by atoms with Crippen molar-refractivity contribution in [2.24, 2.45) is 0 Å². The number of nitrogens with zero attached hydrogens (tertiary/aromatic N) is 2. The molecule has 0 atom stereocenters. The lowest BCUT2D eigenvalue weighted by Crippen LogP contribution is -2.29. The first-order valence-electron chi connectivity index (χ1n) is 23.8. The van der Waals surface area contributed by atoms with Crippen LogP contribution in [0.5, 0.6) is 0 Å². The lowest BCUT2D eigenvalue weighted by Gasteiger charge is -2.35. The van der Waals surface area contributed by atoms with Crippen molar-refractivity contribution < 1.29 is 0 Å². The Hall–Kier alpha value is -8.98. The first kappa shape index (κ1) is 40.3. The highest BCUT2D eigenvalue weighted by Gasteiger charge is 2.47. The Bertz CT molecular complexity index is 3740. The Kier molecular flexibility index (Phi) is 9.77.